The molecule has 0 fully saturated rings. The summed E-state index contributed by atoms with van der Waals surface area (Å²) in [6.45, 7) is 0.403. The van der Waals surface area contributed by atoms with Crippen molar-refractivity contribution in [3.05, 3.63) is 98.9 Å². The predicted molar refractivity (Wildman–Crippen MR) is 112 cm³/mol. The number of carboxylic acid groups (broad SMARTS) is 1. The van der Waals surface area contributed by atoms with Crippen LogP contribution in [0.25, 0.3) is 22.2 Å². The summed E-state index contributed by atoms with van der Waals surface area (Å²) in [6, 6.07) is 19.7. The molecule has 0 amide bonds. The Morgan fingerprint density at radius 1 is 1.07 bits per heavy atom. The Balaban J connectivity index is 1.92. The molecule has 1 N–H and O–H groups in total. The summed E-state index contributed by atoms with van der Waals surface area (Å²) in [6.07, 6.45) is 2.89. The van der Waals surface area contributed by atoms with Crippen LogP contribution in [0.15, 0.2) is 82.3 Å². The monoisotopic (exact) mass is 434 g/mol. The molecule has 0 bridgehead atoms. The number of rotatable bonds is 4. The number of hydrogen-bond acceptors (Lipinski definition) is 3. The van der Waals surface area contributed by atoms with Crippen molar-refractivity contribution < 1.29 is 9.90 Å². The second-order valence-electron chi connectivity index (χ2n) is 6.35. The van der Waals surface area contributed by atoms with Crippen molar-refractivity contribution in [3.63, 3.8) is 0 Å². The Morgan fingerprint density at radius 2 is 1.79 bits per heavy atom. The summed E-state index contributed by atoms with van der Waals surface area (Å²) in [5, 5.41) is 9.45. The molecule has 0 aliphatic rings. The zero-order chi connectivity index (χ0) is 19.7. The van der Waals surface area contributed by atoms with Gasteiger partial charge in [-0.15, -0.1) is 0 Å². The Bertz CT molecular complexity index is 1250. The number of nitrogens with zero attached hydrogens (tertiary/aromatic N) is 2. The van der Waals surface area contributed by atoms with Crippen LogP contribution in [0.3, 0.4) is 0 Å². The average molecular weight is 435 g/mol. The summed E-state index contributed by atoms with van der Waals surface area (Å²) < 4.78 is 2.48. The van der Waals surface area contributed by atoms with Gasteiger partial charge in [-0.05, 0) is 38.7 Å². The molecule has 2 heterocycles. The Hall–Kier alpha value is -3.25. The first-order valence-electron chi connectivity index (χ1n) is 8.60. The molecule has 0 saturated heterocycles. The van der Waals surface area contributed by atoms with Crippen LogP contribution in [-0.2, 0) is 6.54 Å². The van der Waals surface area contributed by atoms with Gasteiger partial charge in [0.15, 0.2) is 0 Å². The van der Waals surface area contributed by atoms with E-state index in [0.29, 0.717) is 16.5 Å². The van der Waals surface area contributed by atoms with Crippen molar-refractivity contribution in [2.45, 2.75) is 6.54 Å². The Morgan fingerprint density at radius 3 is 2.54 bits per heavy atom. The maximum absolute atomic E-state index is 12.5. The number of carbonyl (C=O) groups is 1. The molecular weight excluding hydrogens is 420 g/mol. The molecule has 0 aliphatic carbocycles. The van der Waals surface area contributed by atoms with Crippen LogP contribution in [0.1, 0.15) is 15.9 Å². The van der Waals surface area contributed by atoms with Gasteiger partial charge in [0.1, 0.15) is 11.1 Å². The maximum atomic E-state index is 12.5. The quantitative estimate of drug-likeness (QED) is 0.510. The molecular formula is C22H15BrN2O3. The minimum atomic E-state index is -1.26. The van der Waals surface area contributed by atoms with Gasteiger partial charge in [-0.1, -0.05) is 54.6 Å². The molecule has 5 nitrogen and oxygen atoms in total. The summed E-state index contributed by atoms with van der Waals surface area (Å²) in [7, 11) is 0. The second-order valence-corrected chi connectivity index (χ2v) is 7.27. The highest BCUT2D eigenvalue weighted by atomic mass is 79.9. The van der Waals surface area contributed by atoms with Gasteiger partial charge in [-0.25, -0.2) is 9.78 Å². The molecule has 0 spiro atoms. The van der Waals surface area contributed by atoms with E-state index in [9.17, 15) is 14.7 Å². The molecule has 4 aromatic rings. The van der Waals surface area contributed by atoms with E-state index in [-0.39, 0.29) is 11.1 Å². The summed E-state index contributed by atoms with van der Waals surface area (Å²) in [5.74, 6) is -1.26. The third kappa shape index (κ3) is 3.34. The molecule has 28 heavy (non-hydrogen) atoms. The number of carboxylic acids is 1. The van der Waals surface area contributed by atoms with Crippen molar-refractivity contribution in [1.29, 1.82) is 0 Å². The third-order valence-corrected chi connectivity index (χ3v) is 5.00. The smallest absolute Gasteiger partial charge is 0.341 e. The van der Waals surface area contributed by atoms with E-state index >= 15 is 0 Å². The minimum absolute atomic E-state index is 0.139. The Labute approximate surface area is 169 Å². The van der Waals surface area contributed by atoms with Gasteiger partial charge >= 0.3 is 5.97 Å². The molecule has 6 heteroatoms. The van der Waals surface area contributed by atoms with Gasteiger partial charge in [0.05, 0.1) is 5.52 Å². The van der Waals surface area contributed by atoms with Crippen LogP contribution in [0.2, 0.25) is 0 Å². The van der Waals surface area contributed by atoms with Crippen LogP contribution in [0.5, 0.6) is 0 Å². The van der Waals surface area contributed by atoms with E-state index in [1.807, 2.05) is 54.6 Å². The van der Waals surface area contributed by atoms with E-state index in [1.54, 1.807) is 10.6 Å². The first-order chi connectivity index (χ1) is 13.5. The van der Waals surface area contributed by atoms with Crippen LogP contribution in [0, 0.1) is 0 Å². The fourth-order valence-electron chi connectivity index (χ4n) is 3.26. The van der Waals surface area contributed by atoms with E-state index < -0.39 is 11.4 Å². The van der Waals surface area contributed by atoms with Crippen LogP contribution >= 0.6 is 15.9 Å². The number of halogens is 1. The maximum Gasteiger partial charge on any atom is 0.341 e. The van der Waals surface area contributed by atoms with E-state index in [1.165, 1.54) is 12.4 Å². The fraction of sp³-hybridized carbons (Fsp3) is 0.0455. The number of benzene rings is 2. The van der Waals surface area contributed by atoms with Gasteiger partial charge in [-0.2, -0.15) is 0 Å². The number of aromatic carboxylic acids is 1. The van der Waals surface area contributed by atoms with Gasteiger partial charge in [-0.3, -0.25) is 4.79 Å². The lowest BCUT2D eigenvalue weighted by Gasteiger charge is -2.15. The highest BCUT2D eigenvalue weighted by Gasteiger charge is 2.16. The SMILES string of the molecule is O=C(O)c1cn(Cc2ccccc2-c2ccccc2)c2cc(Br)cnc2c1=O. The van der Waals surface area contributed by atoms with Gasteiger partial charge in [0.2, 0.25) is 5.43 Å². The molecule has 138 valence electrons. The minimum Gasteiger partial charge on any atom is -0.477 e. The van der Waals surface area contributed by atoms with Crippen LogP contribution in [0.4, 0.5) is 0 Å². The summed E-state index contributed by atoms with van der Waals surface area (Å²) in [4.78, 5) is 28.2. The molecule has 4 rings (SSSR count). The first-order valence-corrected chi connectivity index (χ1v) is 9.39. The van der Waals surface area contributed by atoms with Crippen molar-refractivity contribution >= 4 is 32.9 Å². The Kier molecular flexibility index (Phi) is 4.79. The molecule has 2 aromatic carbocycles. The van der Waals surface area contributed by atoms with Gasteiger partial charge in [0, 0.05) is 23.4 Å². The highest BCUT2D eigenvalue weighted by Crippen LogP contribution is 2.25. The zero-order valence-corrected chi connectivity index (χ0v) is 16.3. The molecule has 0 unspecified atom stereocenters. The highest BCUT2D eigenvalue weighted by molar-refractivity contribution is 9.10. The van der Waals surface area contributed by atoms with E-state index in [0.717, 1.165) is 16.7 Å². The molecule has 0 radical (unpaired) electrons. The van der Waals surface area contributed by atoms with Gasteiger partial charge in [0.25, 0.3) is 0 Å². The third-order valence-electron chi connectivity index (χ3n) is 4.56. The van der Waals surface area contributed by atoms with Crippen molar-refractivity contribution in [2.24, 2.45) is 0 Å². The molecule has 0 atom stereocenters. The lowest BCUT2D eigenvalue weighted by molar-refractivity contribution is 0.0695. The number of hydrogen-bond donors (Lipinski definition) is 1. The lowest BCUT2D eigenvalue weighted by Crippen LogP contribution is -2.20. The zero-order valence-electron chi connectivity index (χ0n) is 14.7. The fourth-order valence-corrected chi connectivity index (χ4v) is 3.58. The topological polar surface area (TPSA) is 72.2 Å². The summed E-state index contributed by atoms with van der Waals surface area (Å²) in [5.41, 5.74) is 2.97. The second kappa shape index (κ2) is 7.40. The van der Waals surface area contributed by atoms with Crippen molar-refractivity contribution in [3.8, 4) is 11.1 Å². The van der Waals surface area contributed by atoms with Crippen LogP contribution < -0.4 is 5.43 Å². The number of fused-ring (bicyclic) bond motifs is 1. The number of pyridine rings is 2. The number of aromatic nitrogens is 2. The standard InChI is InChI=1S/C22H15BrN2O3/c23-16-10-19-20(24-11-16)21(26)18(22(27)28)13-25(19)12-15-8-4-5-9-17(15)14-6-2-1-3-7-14/h1-11,13H,12H2,(H,27,28). The lowest BCUT2D eigenvalue weighted by atomic mass is 9.99. The van der Waals surface area contributed by atoms with Gasteiger partial charge < -0.3 is 9.67 Å². The largest absolute Gasteiger partial charge is 0.477 e. The van der Waals surface area contributed by atoms with Crippen molar-refractivity contribution in [1.82, 2.24) is 9.55 Å². The normalized spacial score (nSPS) is 10.9. The average Bonchev–Trinajstić information content (AvgIpc) is 2.71. The van der Waals surface area contributed by atoms with E-state index in [2.05, 4.69) is 20.9 Å². The van der Waals surface area contributed by atoms with Crippen LogP contribution in [-0.4, -0.2) is 20.6 Å². The molecule has 2 aromatic heterocycles. The first kappa shape index (κ1) is 18.1. The van der Waals surface area contributed by atoms with Crippen molar-refractivity contribution in [2.75, 3.05) is 0 Å². The molecule has 0 saturated carbocycles. The predicted octanol–water partition coefficient (Wildman–Crippen LogP) is 4.57. The van der Waals surface area contributed by atoms with E-state index in [4.69, 9.17) is 0 Å². The molecule has 0 aliphatic heterocycles. The summed E-state index contributed by atoms with van der Waals surface area (Å²) >= 11 is 3.38.